The van der Waals surface area contributed by atoms with E-state index in [1.165, 1.54) is 0 Å². The second kappa shape index (κ2) is 5.77. The highest BCUT2D eigenvalue weighted by Gasteiger charge is 2.13. The Hall–Kier alpha value is -2.40. The fourth-order valence-corrected chi connectivity index (χ4v) is 2.99. The maximum atomic E-state index is 11.9. The molecule has 3 aromatic rings. The highest BCUT2D eigenvalue weighted by molar-refractivity contribution is 7.91. The minimum atomic E-state index is -3.24. The van der Waals surface area contributed by atoms with Gasteiger partial charge in [0.2, 0.25) is 5.89 Å². The van der Waals surface area contributed by atoms with Crippen molar-refractivity contribution in [2.45, 2.75) is 11.8 Å². The summed E-state index contributed by atoms with van der Waals surface area (Å²) in [6, 6.07) is 14.6. The maximum Gasteiger partial charge on any atom is 0.220 e. The Bertz CT molecular complexity index is 925. The fraction of sp³-hybridized carbons (Fsp3) is 0.118. The molecule has 4 nitrogen and oxygen atoms in total. The first-order chi connectivity index (χ1) is 10.6. The van der Waals surface area contributed by atoms with Crippen molar-refractivity contribution in [3.8, 4) is 0 Å². The van der Waals surface area contributed by atoms with Crippen molar-refractivity contribution in [1.82, 2.24) is 4.98 Å². The van der Waals surface area contributed by atoms with Crippen LogP contribution in [0.2, 0.25) is 0 Å². The van der Waals surface area contributed by atoms with Gasteiger partial charge < -0.3 is 4.42 Å². The molecule has 0 bridgehead atoms. The maximum absolute atomic E-state index is 11.9. The van der Waals surface area contributed by atoms with E-state index in [4.69, 9.17) is 4.42 Å². The number of hydrogen-bond donors (Lipinski definition) is 0. The molecule has 1 heterocycles. The van der Waals surface area contributed by atoms with E-state index in [0.717, 1.165) is 5.56 Å². The van der Waals surface area contributed by atoms with E-state index in [2.05, 4.69) is 4.98 Å². The molecule has 1 aromatic heterocycles. The van der Waals surface area contributed by atoms with Gasteiger partial charge in [0.25, 0.3) is 0 Å². The van der Waals surface area contributed by atoms with Crippen molar-refractivity contribution in [2.24, 2.45) is 0 Å². The molecule has 0 radical (unpaired) electrons. The molecule has 22 heavy (non-hydrogen) atoms. The summed E-state index contributed by atoms with van der Waals surface area (Å²) in [5.74, 6) is 0.516. The number of fused-ring (bicyclic) bond motifs is 1. The monoisotopic (exact) mass is 313 g/mol. The lowest BCUT2D eigenvalue weighted by Crippen LogP contribution is -2.03. The predicted octanol–water partition coefficient (Wildman–Crippen LogP) is 3.79. The topological polar surface area (TPSA) is 60.2 Å². The Kier molecular flexibility index (Phi) is 3.81. The molecule has 0 aliphatic carbocycles. The average Bonchev–Trinajstić information content (AvgIpc) is 2.96. The lowest BCUT2D eigenvalue weighted by molar-refractivity contribution is 0.589. The number of benzene rings is 2. The highest BCUT2D eigenvalue weighted by Crippen LogP contribution is 2.21. The smallest absolute Gasteiger partial charge is 0.220 e. The van der Waals surface area contributed by atoms with Gasteiger partial charge in [0.15, 0.2) is 15.4 Å². The number of sulfone groups is 1. The molecule has 0 unspecified atom stereocenters. The van der Waals surface area contributed by atoms with E-state index in [-0.39, 0.29) is 10.6 Å². The Balaban J connectivity index is 1.95. The number of aromatic nitrogens is 1. The molecular weight excluding hydrogens is 298 g/mol. The molecule has 5 heteroatoms. The van der Waals surface area contributed by atoms with Crippen molar-refractivity contribution in [3.05, 3.63) is 60.0 Å². The molecule has 0 atom stereocenters. The number of hydrogen-bond acceptors (Lipinski definition) is 4. The zero-order valence-electron chi connectivity index (χ0n) is 12.1. The zero-order valence-corrected chi connectivity index (χ0v) is 12.9. The van der Waals surface area contributed by atoms with Gasteiger partial charge in [-0.15, -0.1) is 0 Å². The van der Waals surface area contributed by atoms with Crippen molar-refractivity contribution in [2.75, 3.05) is 5.75 Å². The second-order valence-electron chi connectivity index (χ2n) is 4.83. The van der Waals surface area contributed by atoms with Gasteiger partial charge in [-0.25, -0.2) is 13.4 Å². The SMILES string of the molecule is CCS(=O)(=O)c1ccc2oc(/C=C/c3ccccc3)nc2c1. The molecule has 0 amide bonds. The molecule has 0 fully saturated rings. The summed E-state index contributed by atoms with van der Waals surface area (Å²) in [6.07, 6.45) is 3.66. The van der Waals surface area contributed by atoms with Gasteiger partial charge in [0.1, 0.15) is 5.52 Å². The van der Waals surface area contributed by atoms with E-state index in [0.29, 0.717) is 17.0 Å². The molecule has 3 rings (SSSR count). The summed E-state index contributed by atoms with van der Waals surface area (Å²) in [5, 5.41) is 0. The third-order valence-corrected chi connectivity index (χ3v) is 5.06. The predicted molar refractivity (Wildman–Crippen MR) is 87.1 cm³/mol. The van der Waals surface area contributed by atoms with E-state index < -0.39 is 9.84 Å². The summed E-state index contributed by atoms with van der Waals surface area (Å²) in [4.78, 5) is 4.59. The lowest BCUT2D eigenvalue weighted by atomic mass is 10.2. The largest absolute Gasteiger partial charge is 0.437 e. The van der Waals surface area contributed by atoms with Crippen LogP contribution in [0.1, 0.15) is 18.4 Å². The number of rotatable bonds is 4. The lowest BCUT2D eigenvalue weighted by Gasteiger charge is -1.99. The number of nitrogens with zero attached hydrogens (tertiary/aromatic N) is 1. The summed E-state index contributed by atoms with van der Waals surface area (Å²) < 4.78 is 29.4. The van der Waals surface area contributed by atoms with Gasteiger partial charge in [-0.1, -0.05) is 37.3 Å². The van der Waals surface area contributed by atoms with Crippen LogP contribution in [0.4, 0.5) is 0 Å². The standard InChI is InChI=1S/C17H15NO3S/c1-2-22(19,20)14-9-10-16-15(12-14)18-17(21-16)11-8-13-6-4-3-5-7-13/h3-12H,2H2,1H3/b11-8+. The van der Waals surface area contributed by atoms with E-state index >= 15 is 0 Å². The molecule has 2 aromatic carbocycles. The van der Waals surface area contributed by atoms with Crippen LogP contribution in [0.5, 0.6) is 0 Å². The van der Waals surface area contributed by atoms with E-state index in [9.17, 15) is 8.42 Å². The van der Waals surface area contributed by atoms with Crippen molar-refractivity contribution < 1.29 is 12.8 Å². The van der Waals surface area contributed by atoms with Crippen LogP contribution in [0.25, 0.3) is 23.3 Å². The van der Waals surface area contributed by atoms with Crippen LogP contribution < -0.4 is 0 Å². The van der Waals surface area contributed by atoms with Crippen LogP contribution in [0.3, 0.4) is 0 Å². The van der Waals surface area contributed by atoms with Gasteiger partial charge in [-0.2, -0.15) is 0 Å². The normalized spacial score (nSPS) is 12.2. The molecule has 112 valence electrons. The molecule has 0 N–H and O–H groups in total. The Morgan fingerprint density at radius 3 is 2.59 bits per heavy atom. The minimum absolute atomic E-state index is 0.0666. The summed E-state index contributed by atoms with van der Waals surface area (Å²) in [5.41, 5.74) is 2.16. The van der Waals surface area contributed by atoms with Gasteiger partial charge in [-0.3, -0.25) is 0 Å². The van der Waals surface area contributed by atoms with Crippen LogP contribution in [-0.4, -0.2) is 19.2 Å². The zero-order chi connectivity index (χ0) is 15.6. The molecule has 0 saturated heterocycles. The van der Waals surface area contributed by atoms with Gasteiger partial charge in [0, 0.05) is 6.08 Å². The van der Waals surface area contributed by atoms with Gasteiger partial charge >= 0.3 is 0 Å². The second-order valence-corrected chi connectivity index (χ2v) is 7.11. The van der Waals surface area contributed by atoms with E-state index in [1.54, 1.807) is 31.2 Å². The summed E-state index contributed by atoms with van der Waals surface area (Å²) in [7, 11) is -3.24. The number of oxazole rings is 1. The summed E-state index contributed by atoms with van der Waals surface area (Å²) in [6.45, 7) is 1.62. The fourth-order valence-electron chi connectivity index (χ4n) is 2.09. The Labute approximate surface area is 129 Å². The molecule has 0 spiro atoms. The third-order valence-electron chi connectivity index (χ3n) is 3.33. The minimum Gasteiger partial charge on any atom is -0.437 e. The van der Waals surface area contributed by atoms with Crippen LogP contribution >= 0.6 is 0 Å². The van der Waals surface area contributed by atoms with Crippen molar-refractivity contribution >= 4 is 33.1 Å². The first-order valence-electron chi connectivity index (χ1n) is 6.95. The molecule has 0 aliphatic heterocycles. The summed E-state index contributed by atoms with van der Waals surface area (Å²) >= 11 is 0. The van der Waals surface area contributed by atoms with Crippen molar-refractivity contribution in [3.63, 3.8) is 0 Å². The van der Waals surface area contributed by atoms with Gasteiger partial charge in [-0.05, 0) is 29.8 Å². The van der Waals surface area contributed by atoms with Crippen molar-refractivity contribution in [1.29, 1.82) is 0 Å². The van der Waals surface area contributed by atoms with Crippen LogP contribution in [0, 0.1) is 0 Å². The van der Waals surface area contributed by atoms with E-state index in [1.807, 2.05) is 36.4 Å². The van der Waals surface area contributed by atoms with Crippen LogP contribution in [-0.2, 0) is 9.84 Å². The first-order valence-corrected chi connectivity index (χ1v) is 8.60. The molecule has 0 aliphatic rings. The average molecular weight is 313 g/mol. The molecule has 0 saturated carbocycles. The third kappa shape index (κ3) is 2.94. The first kappa shape index (κ1) is 14.5. The quantitative estimate of drug-likeness (QED) is 0.735. The Morgan fingerprint density at radius 1 is 1.09 bits per heavy atom. The van der Waals surface area contributed by atoms with Crippen LogP contribution in [0.15, 0.2) is 57.8 Å². The molecular formula is C17H15NO3S. The highest BCUT2D eigenvalue weighted by atomic mass is 32.2. The Morgan fingerprint density at radius 2 is 1.86 bits per heavy atom. The van der Waals surface area contributed by atoms with Gasteiger partial charge in [0.05, 0.1) is 10.6 Å².